The Morgan fingerprint density at radius 1 is 1.61 bits per heavy atom. The Hall–Kier alpha value is -0.550. The summed E-state index contributed by atoms with van der Waals surface area (Å²) in [5, 5.41) is 3.30. The lowest BCUT2D eigenvalue weighted by molar-refractivity contribution is -0.127. The number of likely N-dealkylation sites (tertiary alicyclic amines) is 1. The monoisotopic (exact) mass is 284 g/mol. The van der Waals surface area contributed by atoms with Crippen LogP contribution < -0.4 is 0 Å². The molecule has 18 heavy (non-hydrogen) atoms. The molecule has 0 N–H and O–H groups in total. The van der Waals surface area contributed by atoms with E-state index in [9.17, 15) is 4.79 Å². The predicted octanol–water partition coefficient (Wildman–Crippen LogP) is 2.59. The highest BCUT2D eigenvalue weighted by Crippen LogP contribution is 2.21. The number of hydrogen-bond donors (Lipinski definition) is 1. The van der Waals surface area contributed by atoms with Crippen molar-refractivity contribution >= 4 is 29.9 Å². The molecule has 2 heterocycles. The molecular formula is C13H20N2OS2. The van der Waals surface area contributed by atoms with Gasteiger partial charge in [0.15, 0.2) is 0 Å². The van der Waals surface area contributed by atoms with E-state index >= 15 is 0 Å². The number of hydrogen-bond acceptors (Lipinski definition) is 4. The lowest BCUT2D eigenvalue weighted by Gasteiger charge is -2.15. The minimum absolute atomic E-state index is 0.272. The van der Waals surface area contributed by atoms with Crippen molar-refractivity contribution in [2.45, 2.75) is 32.6 Å². The SMILES string of the molecule is CC(C)c1nc(CCN2CC(CS)CC2=O)cs1. The second-order valence-corrected chi connectivity index (χ2v) is 6.43. The number of carbonyl (C=O) groups excluding carboxylic acids is 1. The lowest BCUT2D eigenvalue weighted by atomic mass is 10.1. The molecule has 1 atom stereocenters. The molecule has 100 valence electrons. The summed E-state index contributed by atoms with van der Waals surface area (Å²) in [5.74, 6) is 2.00. The molecule has 0 aliphatic carbocycles. The van der Waals surface area contributed by atoms with Crippen molar-refractivity contribution in [3.63, 3.8) is 0 Å². The summed E-state index contributed by atoms with van der Waals surface area (Å²) in [7, 11) is 0. The van der Waals surface area contributed by atoms with E-state index in [0.717, 1.165) is 31.0 Å². The molecule has 0 spiro atoms. The van der Waals surface area contributed by atoms with Crippen LogP contribution in [0, 0.1) is 5.92 Å². The summed E-state index contributed by atoms with van der Waals surface area (Å²) in [5.41, 5.74) is 1.12. The second kappa shape index (κ2) is 6.06. The molecule has 0 aromatic carbocycles. The molecule has 2 rings (SSSR count). The number of aromatic nitrogens is 1. The van der Waals surface area contributed by atoms with Crippen LogP contribution in [-0.2, 0) is 11.2 Å². The zero-order valence-electron chi connectivity index (χ0n) is 10.9. The Morgan fingerprint density at radius 3 is 2.94 bits per heavy atom. The van der Waals surface area contributed by atoms with Crippen LogP contribution in [0.15, 0.2) is 5.38 Å². The molecule has 1 aliphatic heterocycles. The number of rotatable bonds is 5. The van der Waals surface area contributed by atoms with E-state index in [1.54, 1.807) is 11.3 Å². The first-order chi connectivity index (χ1) is 8.60. The molecule has 0 saturated carbocycles. The number of thiazole rings is 1. The number of amides is 1. The van der Waals surface area contributed by atoms with Crippen LogP contribution in [0.4, 0.5) is 0 Å². The Morgan fingerprint density at radius 2 is 2.39 bits per heavy atom. The van der Waals surface area contributed by atoms with Crippen LogP contribution in [0.1, 0.15) is 36.9 Å². The summed E-state index contributed by atoms with van der Waals surface area (Å²) in [6.07, 6.45) is 1.53. The second-order valence-electron chi connectivity index (χ2n) is 5.17. The van der Waals surface area contributed by atoms with Gasteiger partial charge in [-0.15, -0.1) is 11.3 Å². The van der Waals surface area contributed by atoms with Crippen molar-refractivity contribution in [1.29, 1.82) is 0 Å². The van der Waals surface area contributed by atoms with E-state index < -0.39 is 0 Å². The topological polar surface area (TPSA) is 33.2 Å². The van der Waals surface area contributed by atoms with E-state index in [0.29, 0.717) is 18.3 Å². The van der Waals surface area contributed by atoms with Crippen LogP contribution in [0.2, 0.25) is 0 Å². The predicted molar refractivity (Wildman–Crippen MR) is 78.4 cm³/mol. The largest absolute Gasteiger partial charge is 0.342 e. The maximum absolute atomic E-state index is 11.8. The normalized spacial score (nSPS) is 20.1. The van der Waals surface area contributed by atoms with Crippen LogP contribution >= 0.6 is 24.0 Å². The maximum atomic E-state index is 11.8. The summed E-state index contributed by atoms with van der Waals surface area (Å²) in [6.45, 7) is 5.97. The highest BCUT2D eigenvalue weighted by atomic mass is 32.1. The maximum Gasteiger partial charge on any atom is 0.222 e. The first-order valence-corrected chi connectivity index (χ1v) is 7.94. The molecule has 1 saturated heterocycles. The van der Waals surface area contributed by atoms with Crippen LogP contribution in [-0.4, -0.2) is 34.6 Å². The minimum Gasteiger partial charge on any atom is -0.342 e. The summed E-state index contributed by atoms with van der Waals surface area (Å²) >= 11 is 5.99. The van der Waals surface area contributed by atoms with Crippen molar-refractivity contribution in [2.24, 2.45) is 5.92 Å². The Balaban J connectivity index is 1.86. The zero-order chi connectivity index (χ0) is 13.1. The molecule has 1 amide bonds. The Bertz CT molecular complexity index is 417. The first kappa shape index (κ1) is 13.9. The van der Waals surface area contributed by atoms with E-state index in [2.05, 4.69) is 36.8 Å². The third kappa shape index (κ3) is 3.26. The summed E-state index contributed by atoms with van der Waals surface area (Å²) in [4.78, 5) is 18.3. The van der Waals surface area contributed by atoms with Gasteiger partial charge in [0, 0.05) is 37.2 Å². The van der Waals surface area contributed by atoms with E-state index in [4.69, 9.17) is 0 Å². The highest BCUT2D eigenvalue weighted by molar-refractivity contribution is 7.80. The van der Waals surface area contributed by atoms with Crippen molar-refractivity contribution < 1.29 is 4.79 Å². The van der Waals surface area contributed by atoms with Crippen molar-refractivity contribution in [3.8, 4) is 0 Å². The Labute approximate surface area is 118 Å². The van der Waals surface area contributed by atoms with Crippen molar-refractivity contribution in [3.05, 3.63) is 16.1 Å². The Kier molecular flexibility index (Phi) is 4.67. The number of thiol groups is 1. The fourth-order valence-corrected chi connectivity index (χ4v) is 3.26. The molecule has 0 bridgehead atoms. The van der Waals surface area contributed by atoms with Gasteiger partial charge in [0.1, 0.15) is 0 Å². The molecule has 1 aromatic heterocycles. The van der Waals surface area contributed by atoms with Crippen LogP contribution in [0.3, 0.4) is 0 Å². The average molecular weight is 284 g/mol. The standard InChI is InChI=1S/C13H20N2OS2/c1-9(2)13-14-11(8-18-13)3-4-15-6-10(7-17)5-12(15)16/h8-10,17H,3-7H2,1-2H3. The van der Waals surface area contributed by atoms with Crippen molar-refractivity contribution in [2.75, 3.05) is 18.8 Å². The molecule has 5 heteroatoms. The molecule has 0 radical (unpaired) electrons. The van der Waals surface area contributed by atoms with Gasteiger partial charge in [0.2, 0.25) is 5.91 Å². The van der Waals surface area contributed by atoms with Gasteiger partial charge in [-0.1, -0.05) is 13.8 Å². The molecule has 1 aromatic rings. The fourth-order valence-electron chi connectivity index (χ4n) is 2.14. The quantitative estimate of drug-likeness (QED) is 0.843. The first-order valence-electron chi connectivity index (χ1n) is 6.43. The van der Waals surface area contributed by atoms with Gasteiger partial charge < -0.3 is 4.90 Å². The molecule has 3 nitrogen and oxygen atoms in total. The van der Waals surface area contributed by atoms with E-state index in [-0.39, 0.29) is 5.91 Å². The third-order valence-electron chi connectivity index (χ3n) is 3.25. The van der Waals surface area contributed by atoms with Gasteiger partial charge in [0.05, 0.1) is 10.7 Å². The van der Waals surface area contributed by atoms with Gasteiger partial charge in [-0.05, 0) is 11.7 Å². The van der Waals surface area contributed by atoms with E-state index in [1.165, 1.54) is 5.01 Å². The molecule has 1 unspecified atom stereocenters. The van der Waals surface area contributed by atoms with Gasteiger partial charge >= 0.3 is 0 Å². The lowest BCUT2D eigenvalue weighted by Crippen LogP contribution is -2.27. The third-order valence-corrected chi connectivity index (χ3v) is 4.96. The molecule has 1 aliphatic rings. The molecular weight excluding hydrogens is 264 g/mol. The number of carbonyl (C=O) groups is 1. The summed E-state index contributed by atoms with van der Waals surface area (Å²) in [6, 6.07) is 0. The van der Waals surface area contributed by atoms with E-state index in [1.807, 2.05) is 4.90 Å². The van der Waals surface area contributed by atoms with Gasteiger partial charge in [-0.2, -0.15) is 12.6 Å². The van der Waals surface area contributed by atoms with Crippen molar-refractivity contribution in [1.82, 2.24) is 9.88 Å². The van der Waals surface area contributed by atoms with Crippen LogP contribution in [0.5, 0.6) is 0 Å². The smallest absolute Gasteiger partial charge is 0.222 e. The average Bonchev–Trinajstić information content (AvgIpc) is 2.93. The summed E-state index contributed by atoms with van der Waals surface area (Å²) < 4.78 is 0. The van der Waals surface area contributed by atoms with Gasteiger partial charge in [-0.25, -0.2) is 4.98 Å². The fraction of sp³-hybridized carbons (Fsp3) is 0.692. The van der Waals surface area contributed by atoms with Gasteiger partial charge in [0.25, 0.3) is 0 Å². The van der Waals surface area contributed by atoms with Gasteiger partial charge in [-0.3, -0.25) is 4.79 Å². The highest BCUT2D eigenvalue weighted by Gasteiger charge is 2.28. The minimum atomic E-state index is 0.272. The van der Waals surface area contributed by atoms with Crippen LogP contribution in [0.25, 0.3) is 0 Å². The number of nitrogens with zero attached hydrogens (tertiary/aromatic N) is 2. The zero-order valence-corrected chi connectivity index (χ0v) is 12.6. The molecule has 1 fully saturated rings.